The van der Waals surface area contributed by atoms with Gasteiger partial charge in [0.1, 0.15) is 0 Å². The molecule has 50 valence electrons. The van der Waals surface area contributed by atoms with E-state index in [4.69, 9.17) is 0 Å². The van der Waals surface area contributed by atoms with Crippen molar-refractivity contribution in [2.75, 3.05) is 0 Å². The van der Waals surface area contributed by atoms with E-state index in [0.29, 0.717) is 5.92 Å². The number of carbonyl (C=O) groups is 1. The molecule has 0 rings (SSSR count). The Kier molecular flexibility index (Phi) is 4.79. The van der Waals surface area contributed by atoms with E-state index >= 15 is 0 Å². The monoisotopic (exact) mass is 294 g/mol. The van der Waals surface area contributed by atoms with E-state index in [1.807, 2.05) is 24.3 Å². The normalized spacial score (nSPS) is 11.7. The second kappa shape index (κ2) is 4.81. The third-order valence-corrected chi connectivity index (χ3v) is 1.55. The van der Waals surface area contributed by atoms with Crippen LogP contribution in [0.3, 0.4) is 0 Å². The van der Waals surface area contributed by atoms with Crippen molar-refractivity contribution >= 4 is 10.7 Å². The minimum absolute atomic E-state index is 0.359. The first-order valence-corrected chi connectivity index (χ1v) is 4.52. The van der Waals surface area contributed by atoms with Crippen LogP contribution < -0.4 is 0 Å². The fourth-order valence-electron chi connectivity index (χ4n) is 0.446. The van der Waals surface area contributed by atoms with E-state index in [9.17, 15) is 4.79 Å². The third-order valence-electron chi connectivity index (χ3n) is 1.06. The minimum atomic E-state index is 0.359. The van der Waals surface area contributed by atoms with Crippen molar-refractivity contribution in [2.24, 2.45) is 5.92 Å². The molecular formula is C7H10OW. The van der Waals surface area contributed by atoms with Crippen LogP contribution in [0, 0.1) is 5.92 Å². The molecule has 2 heteroatoms. The van der Waals surface area contributed by atoms with Crippen LogP contribution >= 0.6 is 0 Å². The summed E-state index contributed by atoms with van der Waals surface area (Å²) < 4.78 is 1.96. The second-order valence-electron chi connectivity index (χ2n) is 2.08. The van der Waals surface area contributed by atoms with E-state index in [1.165, 1.54) is 19.4 Å². The van der Waals surface area contributed by atoms with Gasteiger partial charge in [-0.3, -0.25) is 0 Å². The Labute approximate surface area is 66.6 Å². The zero-order chi connectivity index (χ0) is 7.28. The fourth-order valence-corrected chi connectivity index (χ4v) is 1.01. The van der Waals surface area contributed by atoms with Crippen molar-refractivity contribution in [3.63, 3.8) is 0 Å². The number of carbonyl (C=O) groups excluding carboxylic acids is 1. The third kappa shape index (κ3) is 3.53. The van der Waals surface area contributed by atoms with Crippen LogP contribution in [-0.2, 0) is 24.1 Å². The standard InChI is InChI=1S/C7H10O.W/c1-4-7(5-8)6(2)3;/h1,4-6H,2-3H3;/b7-4+;. The summed E-state index contributed by atoms with van der Waals surface area (Å²) in [7, 11) is 0. The number of rotatable bonds is 3. The van der Waals surface area contributed by atoms with Crippen LogP contribution in [-0.4, -0.2) is 10.7 Å². The molecule has 0 N–H and O–H groups in total. The number of aldehydes is 1. The summed E-state index contributed by atoms with van der Waals surface area (Å²) in [6.45, 7) is 4.03. The van der Waals surface area contributed by atoms with Gasteiger partial charge in [-0.15, -0.1) is 0 Å². The first kappa shape index (κ1) is 8.97. The molecule has 0 radical (unpaired) electrons. The van der Waals surface area contributed by atoms with Crippen molar-refractivity contribution < 1.29 is 24.1 Å². The molecule has 0 spiro atoms. The van der Waals surface area contributed by atoms with Crippen molar-refractivity contribution in [3.8, 4) is 0 Å². The van der Waals surface area contributed by atoms with Crippen molar-refractivity contribution in [2.45, 2.75) is 13.8 Å². The molecule has 0 saturated heterocycles. The van der Waals surface area contributed by atoms with Gasteiger partial charge in [-0.1, -0.05) is 0 Å². The zero-order valence-corrected chi connectivity index (χ0v) is 8.56. The van der Waals surface area contributed by atoms with E-state index in [2.05, 4.69) is 0 Å². The number of hydrogen-bond donors (Lipinski definition) is 0. The predicted molar refractivity (Wildman–Crippen MR) is 35.0 cm³/mol. The first-order chi connectivity index (χ1) is 4.22. The summed E-state index contributed by atoms with van der Waals surface area (Å²) in [4.78, 5) is 10.3. The van der Waals surface area contributed by atoms with Gasteiger partial charge in [0.15, 0.2) is 0 Å². The molecule has 0 aliphatic carbocycles. The van der Waals surface area contributed by atoms with Gasteiger partial charge in [-0.05, 0) is 0 Å². The average molecular weight is 294 g/mol. The summed E-state index contributed by atoms with van der Waals surface area (Å²) in [6, 6.07) is 0. The van der Waals surface area contributed by atoms with Crippen LogP contribution in [0.2, 0.25) is 0 Å². The van der Waals surface area contributed by atoms with Gasteiger partial charge in [0, 0.05) is 0 Å². The summed E-state index contributed by atoms with van der Waals surface area (Å²) >= 11 is 1.38. The van der Waals surface area contributed by atoms with Gasteiger partial charge in [-0.25, -0.2) is 0 Å². The van der Waals surface area contributed by atoms with Crippen LogP contribution in [0.15, 0.2) is 11.6 Å². The number of allylic oxidation sites excluding steroid dienone is 2. The maximum atomic E-state index is 10.3. The van der Waals surface area contributed by atoms with Gasteiger partial charge >= 0.3 is 66.2 Å². The Morgan fingerprint density at radius 1 is 1.56 bits per heavy atom. The maximum absolute atomic E-state index is 10.3. The molecule has 0 fully saturated rings. The van der Waals surface area contributed by atoms with E-state index in [0.717, 1.165) is 11.9 Å². The molecule has 9 heavy (non-hydrogen) atoms. The molecule has 0 aliphatic heterocycles. The van der Waals surface area contributed by atoms with Gasteiger partial charge < -0.3 is 0 Å². The topological polar surface area (TPSA) is 17.1 Å². The quantitative estimate of drug-likeness (QED) is 0.563. The van der Waals surface area contributed by atoms with Crippen molar-refractivity contribution in [3.05, 3.63) is 11.6 Å². The Morgan fingerprint density at radius 3 is 2.22 bits per heavy atom. The zero-order valence-electron chi connectivity index (χ0n) is 5.63. The fraction of sp³-hybridized carbons (Fsp3) is 0.429. The Hall–Kier alpha value is -0.0317. The van der Waals surface area contributed by atoms with Gasteiger partial charge in [0.25, 0.3) is 0 Å². The SMILES string of the molecule is CC(C)/C(C=O)=C/[CH]=[W]. The molecule has 0 unspecified atom stereocenters. The molecule has 0 heterocycles. The molecule has 0 saturated carbocycles. The molecular weight excluding hydrogens is 284 g/mol. The summed E-state index contributed by atoms with van der Waals surface area (Å²) in [5, 5.41) is 0. The molecule has 0 amide bonds. The molecule has 0 aromatic rings. The van der Waals surface area contributed by atoms with Crippen LogP contribution in [0.1, 0.15) is 13.8 Å². The van der Waals surface area contributed by atoms with Gasteiger partial charge in [0.05, 0.1) is 0 Å². The Bertz CT molecular complexity index is 136. The molecule has 0 atom stereocenters. The Morgan fingerprint density at radius 2 is 2.11 bits per heavy atom. The second-order valence-corrected chi connectivity index (χ2v) is 3.05. The van der Waals surface area contributed by atoms with E-state index in [-0.39, 0.29) is 0 Å². The average Bonchev–Trinajstić information content (AvgIpc) is 1.82. The van der Waals surface area contributed by atoms with Gasteiger partial charge in [-0.2, -0.15) is 0 Å². The van der Waals surface area contributed by atoms with E-state index in [1.54, 1.807) is 0 Å². The van der Waals surface area contributed by atoms with Crippen LogP contribution in [0.4, 0.5) is 0 Å². The predicted octanol–water partition coefficient (Wildman–Crippen LogP) is 1.12. The molecule has 1 nitrogen and oxygen atoms in total. The number of hydrogen-bond acceptors (Lipinski definition) is 1. The molecule has 0 aromatic heterocycles. The molecule has 0 aromatic carbocycles. The van der Waals surface area contributed by atoms with Crippen LogP contribution in [0.25, 0.3) is 0 Å². The van der Waals surface area contributed by atoms with E-state index < -0.39 is 0 Å². The van der Waals surface area contributed by atoms with Crippen LogP contribution in [0.5, 0.6) is 0 Å². The van der Waals surface area contributed by atoms with Gasteiger partial charge in [0.2, 0.25) is 0 Å². The molecule has 0 bridgehead atoms. The summed E-state index contributed by atoms with van der Waals surface area (Å²) in [5.41, 5.74) is 0.880. The molecule has 0 aliphatic rings. The first-order valence-electron chi connectivity index (χ1n) is 2.83. The van der Waals surface area contributed by atoms with Crippen molar-refractivity contribution in [1.82, 2.24) is 0 Å². The summed E-state index contributed by atoms with van der Waals surface area (Å²) in [5.74, 6) is 0.359. The van der Waals surface area contributed by atoms with Crippen molar-refractivity contribution in [1.29, 1.82) is 0 Å². The summed E-state index contributed by atoms with van der Waals surface area (Å²) in [6.07, 6.45) is 2.80. The Balaban J connectivity index is 4.13.